The van der Waals surface area contributed by atoms with E-state index in [1.54, 1.807) is 0 Å². The normalized spacial score (nSPS) is 18.9. The molecule has 1 aromatic heterocycles. The van der Waals surface area contributed by atoms with Crippen LogP contribution in [-0.2, 0) is 11.2 Å². The molecule has 0 aliphatic carbocycles. The predicted octanol–water partition coefficient (Wildman–Crippen LogP) is 4.18. The Hall–Kier alpha value is -3.16. The second-order valence-electron chi connectivity index (χ2n) is 10.5. The molecule has 0 saturated carbocycles. The Labute approximate surface area is 218 Å². The minimum Gasteiger partial charge on any atom is -0.396 e. The van der Waals surface area contributed by atoms with Crippen LogP contribution in [0.4, 0.5) is 5.69 Å². The quantitative estimate of drug-likeness (QED) is 0.309. The summed E-state index contributed by atoms with van der Waals surface area (Å²) in [5.41, 5.74) is 4.50. The molecule has 0 spiro atoms. The van der Waals surface area contributed by atoms with Gasteiger partial charge < -0.3 is 25.4 Å². The third-order valence-electron chi connectivity index (χ3n) is 7.51. The van der Waals surface area contributed by atoms with Gasteiger partial charge in [-0.25, -0.2) is 0 Å². The first kappa shape index (κ1) is 26.9. The summed E-state index contributed by atoms with van der Waals surface area (Å²) >= 11 is 0. The van der Waals surface area contributed by atoms with Crippen LogP contribution in [0.25, 0.3) is 10.9 Å². The highest BCUT2D eigenvalue weighted by Gasteiger charge is 2.34. The fraction of sp³-hybridized carbons (Fsp3) is 0.467. The maximum Gasteiger partial charge on any atom is 0.243 e. The second kappa shape index (κ2) is 11.9. The second-order valence-corrected chi connectivity index (χ2v) is 10.5. The first-order valence-electron chi connectivity index (χ1n) is 13.4. The molecule has 1 aliphatic rings. The molecule has 4 N–H and O–H groups in total. The molecule has 1 aliphatic heterocycles. The molecule has 1 unspecified atom stereocenters. The van der Waals surface area contributed by atoms with Gasteiger partial charge in [0.25, 0.3) is 0 Å². The minimum absolute atomic E-state index is 0.0211. The number of nitrogens with one attached hydrogen (secondary N) is 2. The third kappa shape index (κ3) is 5.73. The van der Waals surface area contributed by atoms with Gasteiger partial charge in [0, 0.05) is 42.4 Å². The minimum atomic E-state index is -0.433. The molecule has 198 valence electrons. The van der Waals surface area contributed by atoms with E-state index >= 15 is 0 Å². The van der Waals surface area contributed by atoms with Crippen molar-refractivity contribution in [2.75, 3.05) is 24.7 Å². The number of aromatic amines is 1. The summed E-state index contributed by atoms with van der Waals surface area (Å²) in [7, 11) is 0. The molecular formula is C30H39N3O4. The highest BCUT2D eigenvalue weighted by atomic mass is 16.3. The Bertz CT molecular complexity index is 1220. The van der Waals surface area contributed by atoms with Crippen LogP contribution in [0.2, 0.25) is 0 Å². The molecular weight excluding hydrogens is 466 g/mol. The molecule has 3 aromatic rings. The number of aromatic nitrogens is 1. The molecule has 0 bridgehead atoms. The van der Waals surface area contributed by atoms with Gasteiger partial charge in [0.1, 0.15) is 6.04 Å². The van der Waals surface area contributed by atoms with Crippen molar-refractivity contribution < 1.29 is 19.8 Å². The highest BCUT2D eigenvalue weighted by molar-refractivity contribution is 6.11. The van der Waals surface area contributed by atoms with Gasteiger partial charge in [-0.2, -0.15) is 0 Å². The summed E-state index contributed by atoms with van der Waals surface area (Å²) < 4.78 is 0. The zero-order valence-corrected chi connectivity index (χ0v) is 22.0. The summed E-state index contributed by atoms with van der Waals surface area (Å²) in [5, 5.41) is 23.3. The standard InChI is InChI=1S/C30H39N3O4/c1-19(2)29-30(37)32-23(18-35)16-22-17-31-28-24(26(36)10-7-15-34)11-12-25(27(22)28)33(29)14-13-20(3)21-8-5-4-6-9-21/h4-6,8-9,11-12,17,19-20,23,29,31,34-35H,7,10,13-16,18H2,1-3H3,(H,32,37)/t20?,23-,29-/m0/s1. The van der Waals surface area contributed by atoms with E-state index in [9.17, 15) is 19.8 Å². The molecule has 2 heterocycles. The van der Waals surface area contributed by atoms with Gasteiger partial charge in [0.15, 0.2) is 5.78 Å². The van der Waals surface area contributed by atoms with Crippen molar-refractivity contribution in [3.05, 3.63) is 65.4 Å². The van der Waals surface area contributed by atoms with Gasteiger partial charge in [-0.1, -0.05) is 51.1 Å². The van der Waals surface area contributed by atoms with E-state index in [1.807, 2.05) is 50.4 Å². The summed E-state index contributed by atoms with van der Waals surface area (Å²) in [6, 6.07) is 13.4. The van der Waals surface area contributed by atoms with Gasteiger partial charge in [0.05, 0.1) is 18.2 Å². The van der Waals surface area contributed by atoms with Gasteiger partial charge in [0.2, 0.25) is 5.91 Å². The Balaban J connectivity index is 1.82. The lowest BCUT2D eigenvalue weighted by molar-refractivity contribution is -0.124. The average Bonchev–Trinajstić information content (AvgIpc) is 3.33. The number of anilines is 1. The van der Waals surface area contributed by atoms with Gasteiger partial charge in [-0.3, -0.25) is 9.59 Å². The molecule has 0 radical (unpaired) electrons. The molecule has 0 saturated heterocycles. The lowest BCUT2D eigenvalue weighted by Crippen LogP contribution is -2.53. The number of carbonyl (C=O) groups excluding carboxylic acids is 2. The molecule has 4 rings (SSSR count). The van der Waals surface area contributed by atoms with Crippen LogP contribution >= 0.6 is 0 Å². The van der Waals surface area contributed by atoms with E-state index in [0.29, 0.717) is 30.9 Å². The number of carbonyl (C=O) groups is 2. The third-order valence-corrected chi connectivity index (χ3v) is 7.51. The molecule has 37 heavy (non-hydrogen) atoms. The van der Waals surface area contributed by atoms with Crippen molar-refractivity contribution in [2.24, 2.45) is 5.92 Å². The Morgan fingerprint density at radius 2 is 1.86 bits per heavy atom. The fourth-order valence-electron chi connectivity index (χ4n) is 5.51. The number of aliphatic hydroxyl groups is 2. The smallest absolute Gasteiger partial charge is 0.243 e. The maximum absolute atomic E-state index is 13.6. The zero-order valence-electron chi connectivity index (χ0n) is 22.0. The molecule has 1 amide bonds. The van der Waals surface area contributed by atoms with Crippen molar-refractivity contribution in [3.63, 3.8) is 0 Å². The number of H-pyrrole nitrogens is 1. The lowest BCUT2D eigenvalue weighted by atomic mass is 9.94. The lowest BCUT2D eigenvalue weighted by Gasteiger charge is -2.36. The number of ketones is 1. The van der Waals surface area contributed by atoms with Gasteiger partial charge >= 0.3 is 0 Å². The Morgan fingerprint density at radius 3 is 2.54 bits per heavy atom. The van der Waals surface area contributed by atoms with Crippen molar-refractivity contribution in [1.82, 2.24) is 10.3 Å². The Morgan fingerprint density at radius 1 is 1.11 bits per heavy atom. The molecule has 7 heteroatoms. The van der Waals surface area contributed by atoms with Crippen LogP contribution in [0.3, 0.4) is 0 Å². The predicted molar refractivity (Wildman–Crippen MR) is 147 cm³/mol. The fourth-order valence-corrected chi connectivity index (χ4v) is 5.51. The van der Waals surface area contributed by atoms with E-state index < -0.39 is 12.1 Å². The van der Waals surface area contributed by atoms with Crippen LogP contribution < -0.4 is 10.2 Å². The number of benzene rings is 2. The monoisotopic (exact) mass is 505 g/mol. The highest BCUT2D eigenvalue weighted by Crippen LogP contribution is 2.37. The Kier molecular flexibility index (Phi) is 8.67. The van der Waals surface area contributed by atoms with Crippen molar-refractivity contribution in [2.45, 2.75) is 64.5 Å². The van der Waals surface area contributed by atoms with Gasteiger partial charge in [-0.05, 0) is 54.4 Å². The number of nitrogens with zero attached hydrogens (tertiary/aromatic N) is 1. The summed E-state index contributed by atoms with van der Waals surface area (Å²) in [5.74, 6) is 0.210. The van der Waals surface area contributed by atoms with Crippen LogP contribution in [0.5, 0.6) is 0 Å². The number of aliphatic hydroxyl groups excluding tert-OH is 2. The maximum atomic E-state index is 13.6. The van der Waals surface area contributed by atoms with E-state index in [-0.39, 0.29) is 37.2 Å². The summed E-state index contributed by atoms with van der Waals surface area (Å²) in [4.78, 5) is 32.1. The van der Waals surface area contributed by atoms with Crippen LogP contribution in [0, 0.1) is 5.92 Å². The molecule has 2 aromatic carbocycles. The molecule has 0 fully saturated rings. The first-order valence-corrected chi connectivity index (χ1v) is 13.4. The largest absolute Gasteiger partial charge is 0.396 e. The van der Waals surface area contributed by atoms with Crippen LogP contribution in [0.1, 0.15) is 67.4 Å². The zero-order chi connectivity index (χ0) is 26.5. The number of Topliss-reactive ketones (excluding diaryl/α,β-unsaturated/α-hetero) is 1. The van der Waals surface area contributed by atoms with Crippen molar-refractivity contribution in [1.29, 1.82) is 0 Å². The SMILES string of the molecule is CC(CCN1c2ccc(C(=O)CCCO)c3[nH]cc(c23)C[C@@H](CO)NC(=O)[C@@H]1C(C)C)c1ccccc1. The topological polar surface area (TPSA) is 106 Å². The molecule has 7 nitrogen and oxygen atoms in total. The number of hydrogen-bond acceptors (Lipinski definition) is 5. The van der Waals surface area contributed by atoms with E-state index in [0.717, 1.165) is 28.6 Å². The van der Waals surface area contributed by atoms with Gasteiger partial charge in [-0.15, -0.1) is 0 Å². The number of rotatable bonds is 10. The molecule has 3 atom stereocenters. The van der Waals surface area contributed by atoms with E-state index in [4.69, 9.17) is 0 Å². The van der Waals surface area contributed by atoms with Crippen molar-refractivity contribution in [3.8, 4) is 0 Å². The summed E-state index contributed by atoms with van der Waals surface area (Å²) in [6.07, 6.45) is 3.89. The average molecular weight is 506 g/mol. The van der Waals surface area contributed by atoms with Crippen LogP contribution in [-0.4, -0.2) is 58.7 Å². The van der Waals surface area contributed by atoms with Crippen LogP contribution in [0.15, 0.2) is 48.7 Å². The van der Waals surface area contributed by atoms with E-state index in [2.05, 4.69) is 34.3 Å². The van der Waals surface area contributed by atoms with E-state index in [1.165, 1.54) is 5.56 Å². The number of amides is 1. The van der Waals surface area contributed by atoms with Crippen molar-refractivity contribution >= 4 is 28.3 Å². The summed E-state index contributed by atoms with van der Waals surface area (Å²) in [6.45, 7) is 6.76. The first-order chi connectivity index (χ1) is 17.8. The number of hydrogen-bond donors (Lipinski definition) is 4.